The van der Waals surface area contributed by atoms with Crippen LogP contribution in [0.3, 0.4) is 0 Å². The largest absolute Gasteiger partial charge is 0.389 e. The number of anilines is 1. The average molecular weight is 278 g/mol. The van der Waals surface area contributed by atoms with Crippen LogP contribution in [-0.2, 0) is 4.74 Å². The van der Waals surface area contributed by atoms with E-state index in [2.05, 4.69) is 24.0 Å². The van der Waals surface area contributed by atoms with Crippen LogP contribution < -0.4 is 10.6 Å². The van der Waals surface area contributed by atoms with Gasteiger partial charge in [-0.05, 0) is 44.4 Å². The van der Waals surface area contributed by atoms with Gasteiger partial charge in [-0.1, -0.05) is 18.3 Å². The van der Waals surface area contributed by atoms with Crippen LogP contribution in [-0.4, -0.2) is 30.8 Å². The van der Waals surface area contributed by atoms with E-state index in [0.717, 1.165) is 43.8 Å². The summed E-state index contributed by atoms with van der Waals surface area (Å²) in [5.74, 6) is 0. The minimum Gasteiger partial charge on any atom is -0.389 e. The molecule has 1 aromatic carbocycles. The predicted molar refractivity (Wildman–Crippen MR) is 83.9 cm³/mol. The van der Waals surface area contributed by atoms with Crippen LogP contribution in [0.4, 0.5) is 5.69 Å². The van der Waals surface area contributed by atoms with Gasteiger partial charge in [-0.2, -0.15) is 0 Å². The Morgan fingerprint density at radius 3 is 3.00 bits per heavy atom. The van der Waals surface area contributed by atoms with E-state index in [-0.39, 0.29) is 0 Å². The van der Waals surface area contributed by atoms with Crippen molar-refractivity contribution in [3.05, 3.63) is 29.3 Å². The second-order valence-electron chi connectivity index (χ2n) is 5.05. The lowest BCUT2D eigenvalue weighted by Crippen LogP contribution is -2.40. The summed E-state index contributed by atoms with van der Waals surface area (Å²) in [6.45, 7) is 6.88. The van der Waals surface area contributed by atoms with E-state index in [1.165, 1.54) is 5.56 Å². The Morgan fingerprint density at radius 1 is 1.53 bits per heavy atom. The van der Waals surface area contributed by atoms with Gasteiger partial charge in [-0.15, -0.1) is 0 Å². The lowest BCUT2D eigenvalue weighted by atomic mass is 10.0. The zero-order valence-electron chi connectivity index (χ0n) is 11.7. The molecule has 0 spiro atoms. The van der Waals surface area contributed by atoms with Crippen molar-refractivity contribution in [1.29, 1.82) is 0 Å². The number of nitrogens with zero attached hydrogens (tertiary/aromatic N) is 1. The van der Waals surface area contributed by atoms with Gasteiger partial charge in [0.2, 0.25) is 0 Å². The number of thiocarbonyl (C=S) groups is 1. The number of ether oxygens (including phenoxy) is 1. The van der Waals surface area contributed by atoms with Crippen LogP contribution in [0.1, 0.15) is 30.9 Å². The van der Waals surface area contributed by atoms with Crippen LogP contribution in [0.15, 0.2) is 18.2 Å². The first-order valence-electron chi connectivity index (χ1n) is 6.88. The molecule has 1 unspecified atom stereocenters. The maximum Gasteiger partial charge on any atom is 0.106 e. The molecule has 0 aromatic heterocycles. The van der Waals surface area contributed by atoms with Gasteiger partial charge in [0, 0.05) is 30.9 Å². The predicted octanol–water partition coefficient (Wildman–Crippen LogP) is 2.63. The van der Waals surface area contributed by atoms with Crippen molar-refractivity contribution < 1.29 is 4.74 Å². The molecule has 2 N–H and O–H groups in total. The highest BCUT2D eigenvalue weighted by Crippen LogP contribution is 2.26. The van der Waals surface area contributed by atoms with Crippen LogP contribution in [0.2, 0.25) is 0 Å². The third-order valence-corrected chi connectivity index (χ3v) is 3.76. The summed E-state index contributed by atoms with van der Waals surface area (Å²) in [4.78, 5) is 2.82. The maximum absolute atomic E-state index is 5.84. The Hall–Kier alpha value is -1.13. The maximum atomic E-state index is 5.84. The Morgan fingerprint density at radius 2 is 2.32 bits per heavy atom. The van der Waals surface area contributed by atoms with Gasteiger partial charge in [0.1, 0.15) is 4.99 Å². The molecule has 1 aliphatic heterocycles. The number of benzene rings is 1. The van der Waals surface area contributed by atoms with Crippen molar-refractivity contribution in [1.82, 2.24) is 0 Å². The van der Waals surface area contributed by atoms with E-state index in [1.807, 2.05) is 13.0 Å². The van der Waals surface area contributed by atoms with Crippen molar-refractivity contribution in [2.24, 2.45) is 5.73 Å². The number of piperidine rings is 1. The molecule has 0 amide bonds. The van der Waals surface area contributed by atoms with E-state index in [4.69, 9.17) is 22.7 Å². The lowest BCUT2D eigenvalue weighted by Gasteiger charge is -2.35. The summed E-state index contributed by atoms with van der Waals surface area (Å²) in [6.07, 6.45) is 2.60. The van der Waals surface area contributed by atoms with Gasteiger partial charge >= 0.3 is 0 Å². The second-order valence-corrected chi connectivity index (χ2v) is 5.49. The average Bonchev–Trinajstić information content (AvgIpc) is 2.39. The monoisotopic (exact) mass is 278 g/mol. The van der Waals surface area contributed by atoms with Crippen LogP contribution in [0, 0.1) is 6.92 Å². The summed E-state index contributed by atoms with van der Waals surface area (Å²) in [5, 5.41) is 0. The Balaban J connectivity index is 2.24. The van der Waals surface area contributed by atoms with Crippen LogP contribution in [0.5, 0.6) is 0 Å². The van der Waals surface area contributed by atoms with Crippen LogP contribution in [0.25, 0.3) is 0 Å². The third kappa shape index (κ3) is 3.45. The zero-order valence-corrected chi connectivity index (χ0v) is 12.5. The van der Waals surface area contributed by atoms with Crippen molar-refractivity contribution in [3.8, 4) is 0 Å². The molecule has 1 atom stereocenters. The molecule has 4 heteroatoms. The fourth-order valence-corrected chi connectivity index (χ4v) is 2.81. The second kappa shape index (κ2) is 6.35. The molecule has 3 nitrogen and oxygen atoms in total. The van der Waals surface area contributed by atoms with Gasteiger partial charge in [0.05, 0.1) is 6.10 Å². The molecule has 1 heterocycles. The summed E-state index contributed by atoms with van der Waals surface area (Å²) < 4.78 is 5.76. The Bertz CT molecular complexity index is 459. The number of nitrogens with two attached hydrogens (primary N) is 1. The molecule has 104 valence electrons. The molecule has 19 heavy (non-hydrogen) atoms. The Kier molecular flexibility index (Phi) is 4.77. The quantitative estimate of drug-likeness (QED) is 0.859. The van der Waals surface area contributed by atoms with E-state index < -0.39 is 0 Å². The summed E-state index contributed by atoms with van der Waals surface area (Å²) in [6, 6.07) is 6.25. The van der Waals surface area contributed by atoms with Gasteiger partial charge in [0.25, 0.3) is 0 Å². The lowest BCUT2D eigenvalue weighted by molar-refractivity contribution is 0.0526. The zero-order chi connectivity index (χ0) is 13.8. The van der Waals surface area contributed by atoms with Crippen molar-refractivity contribution in [2.45, 2.75) is 32.8 Å². The van der Waals surface area contributed by atoms with E-state index in [0.29, 0.717) is 11.1 Å². The number of rotatable bonds is 4. The Labute approximate surface area is 120 Å². The molecule has 0 radical (unpaired) electrons. The molecule has 0 aliphatic carbocycles. The molecule has 2 rings (SSSR count). The third-order valence-electron chi connectivity index (χ3n) is 3.54. The molecule has 1 aromatic rings. The normalized spacial score (nSPS) is 19.5. The number of hydrogen-bond donors (Lipinski definition) is 1. The summed E-state index contributed by atoms with van der Waals surface area (Å²) in [7, 11) is 0. The first kappa shape index (κ1) is 14.3. The van der Waals surface area contributed by atoms with E-state index >= 15 is 0 Å². The number of aryl methyl sites for hydroxylation is 1. The van der Waals surface area contributed by atoms with Crippen LogP contribution >= 0.6 is 12.2 Å². The van der Waals surface area contributed by atoms with Crippen molar-refractivity contribution >= 4 is 22.9 Å². The molecule has 0 saturated carbocycles. The highest BCUT2D eigenvalue weighted by molar-refractivity contribution is 7.80. The van der Waals surface area contributed by atoms with Gasteiger partial charge in [0.15, 0.2) is 0 Å². The SMILES string of the molecule is CCOC1CCCN(c2cc(C)ccc2C(N)=S)C1. The molecule has 1 fully saturated rings. The van der Waals surface area contributed by atoms with E-state index in [1.54, 1.807) is 0 Å². The minimum absolute atomic E-state index is 0.318. The van der Waals surface area contributed by atoms with Gasteiger partial charge < -0.3 is 15.4 Å². The molecular formula is C15H22N2OS. The summed E-state index contributed by atoms with van der Waals surface area (Å²) in [5.41, 5.74) is 9.19. The first-order chi connectivity index (χ1) is 9.11. The topological polar surface area (TPSA) is 38.5 Å². The summed E-state index contributed by atoms with van der Waals surface area (Å²) >= 11 is 5.16. The fraction of sp³-hybridized carbons (Fsp3) is 0.533. The number of hydrogen-bond acceptors (Lipinski definition) is 3. The van der Waals surface area contributed by atoms with Crippen molar-refractivity contribution in [3.63, 3.8) is 0 Å². The highest BCUT2D eigenvalue weighted by atomic mass is 32.1. The standard InChI is InChI=1S/C15H22N2OS/c1-3-18-12-5-4-8-17(10-12)14-9-11(2)6-7-13(14)15(16)19/h6-7,9,12H,3-5,8,10H2,1-2H3,(H2,16,19). The van der Waals surface area contributed by atoms with E-state index in [9.17, 15) is 0 Å². The molecular weight excluding hydrogens is 256 g/mol. The molecule has 1 aliphatic rings. The highest BCUT2D eigenvalue weighted by Gasteiger charge is 2.22. The minimum atomic E-state index is 0.318. The van der Waals surface area contributed by atoms with Gasteiger partial charge in [-0.3, -0.25) is 0 Å². The molecule has 1 saturated heterocycles. The molecule has 0 bridgehead atoms. The fourth-order valence-electron chi connectivity index (χ4n) is 2.64. The first-order valence-corrected chi connectivity index (χ1v) is 7.29. The van der Waals surface area contributed by atoms with Crippen molar-refractivity contribution in [2.75, 3.05) is 24.6 Å². The smallest absolute Gasteiger partial charge is 0.106 e. The van der Waals surface area contributed by atoms with Gasteiger partial charge in [-0.25, -0.2) is 0 Å².